The number of rotatable bonds is 7. The number of carbonyl (C=O) groups excluding carboxylic acids is 1. The number of benzene rings is 2. The molecule has 0 aliphatic heterocycles. The van der Waals surface area contributed by atoms with Gasteiger partial charge in [-0.05, 0) is 36.9 Å². The van der Waals surface area contributed by atoms with Gasteiger partial charge in [-0.2, -0.15) is 0 Å². The first-order valence-electron chi connectivity index (χ1n) is 9.96. The quantitative estimate of drug-likeness (QED) is 0.427. The highest BCUT2D eigenvalue weighted by molar-refractivity contribution is 8.00. The van der Waals surface area contributed by atoms with Gasteiger partial charge in [0.15, 0.2) is 11.0 Å². The van der Waals surface area contributed by atoms with Gasteiger partial charge in [0.25, 0.3) is 0 Å². The largest absolute Gasteiger partial charge is 0.325 e. The van der Waals surface area contributed by atoms with Gasteiger partial charge in [-0.1, -0.05) is 55.1 Å². The summed E-state index contributed by atoms with van der Waals surface area (Å²) in [5, 5.41) is 14.4. The Morgan fingerprint density at radius 1 is 1.07 bits per heavy atom. The number of hydrogen-bond donors (Lipinski definition) is 1. The molecule has 2 aromatic heterocycles. The Labute approximate surface area is 179 Å². The minimum Gasteiger partial charge on any atom is -0.325 e. The number of anilines is 1. The van der Waals surface area contributed by atoms with Gasteiger partial charge < -0.3 is 9.88 Å². The fraction of sp³-hybridized carbons (Fsp3) is 0.217. The van der Waals surface area contributed by atoms with Crippen LogP contribution in [-0.4, -0.2) is 30.9 Å². The third kappa shape index (κ3) is 4.21. The van der Waals surface area contributed by atoms with E-state index in [1.807, 2.05) is 61.5 Å². The molecule has 0 saturated carbocycles. The van der Waals surface area contributed by atoms with Gasteiger partial charge in [-0.3, -0.25) is 9.78 Å². The summed E-state index contributed by atoms with van der Waals surface area (Å²) in [7, 11) is 0. The van der Waals surface area contributed by atoms with E-state index in [2.05, 4.69) is 32.0 Å². The third-order valence-corrected chi connectivity index (χ3v) is 5.88. The second-order valence-corrected chi connectivity index (χ2v) is 8.28. The normalized spacial score (nSPS) is 12.1. The van der Waals surface area contributed by atoms with Crippen molar-refractivity contribution in [3.05, 3.63) is 67.0 Å². The molecule has 6 nitrogen and oxygen atoms in total. The number of hydrogen-bond acceptors (Lipinski definition) is 5. The summed E-state index contributed by atoms with van der Waals surface area (Å²) >= 11 is 1.42. The molecule has 30 heavy (non-hydrogen) atoms. The van der Waals surface area contributed by atoms with Gasteiger partial charge in [-0.15, -0.1) is 10.2 Å². The van der Waals surface area contributed by atoms with Crippen molar-refractivity contribution in [1.29, 1.82) is 0 Å². The molecule has 1 N–H and O–H groups in total. The topological polar surface area (TPSA) is 72.7 Å². The maximum absolute atomic E-state index is 12.9. The lowest BCUT2D eigenvalue weighted by Crippen LogP contribution is -2.23. The van der Waals surface area contributed by atoms with E-state index in [0.29, 0.717) is 0 Å². The van der Waals surface area contributed by atoms with Crippen LogP contribution in [0.4, 0.5) is 5.69 Å². The monoisotopic (exact) mass is 417 g/mol. The van der Waals surface area contributed by atoms with Gasteiger partial charge >= 0.3 is 0 Å². The first-order chi connectivity index (χ1) is 14.7. The summed E-state index contributed by atoms with van der Waals surface area (Å²) < 4.78 is 2.07. The Hall–Kier alpha value is -3.19. The predicted molar refractivity (Wildman–Crippen MR) is 121 cm³/mol. The van der Waals surface area contributed by atoms with E-state index in [4.69, 9.17) is 0 Å². The van der Waals surface area contributed by atoms with E-state index in [1.54, 1.807) is 12.4 Å². The summed E-state index contributed by atoms with van der Waals surface area (Å²) in [6.45, 7) is 4.79. The maximum Gasteiger partial charge on any atom is 0.237 e. The van der Waals surface area contributed by atoms with E-state index in [1.165, 1.54) is 11.8 Å². The number of fused-ring (bicyclic) bond motifs is 1. The molecule has 4 aromatic rings. The second-order valence-electron chi connectivity index (χ2n) is 6.97. The molecule has 0 saturated heterocycles. The van der Waals surface area contributed by atoms with Crippen LogP contribution in [0.1, 0.15) is 20.3 Å². The van der Waals surface area contributed by atoms with Gasteiger partial charge in [0.1, 0.15) is 0 Å². The zero-order chi connectivity index (χ0) is 20.9. The van der Waals surface area contributed by atoms with Crippen molar-refractivity contribution < 1.29 is 4.79 Å². The standard InChI is InChI=1S/C23H23N5OS/c1-3-15-28-21(18-11-13-24-14-12-18)26-27-23(28)30-16(2)22(29)25-20-10-6-8-17-7-4-5-9-19(17)20/h4-14,16H,3,15H2,1-2H3,(H,25,29). The van der Waals surface area contributed by atoms with Crippen LogP contribution in [0.3, 0.4) is 0 Å². The average molecular weight is 418 g/mol. The molecule has 2 heterocycles. The highest BCUT2D eigenvalue weighted by atomic mass is 32.2. The molecular formula is C23H23N5OS. The lowest BCUT2D eigenvalue weighted by Gasteiger charge is -2.14. The van der Waals surface area contributed by atoms with Crippen LogP contribution < -0.4 is 5.32 Å². The lowest BCUT2D eigenvalue weighted by atomic mass is 10.1. The molecule has 0 aliphatic carbocycles. The van der Waals surface area contributed by atoms with Crippen LogP contribution in [0.15, 0.2) is 72.1 Å². The Kier molecular flexibility index (Phi) is 6.09. The van der Waals surface area contributed by atoms with E-state index in [0.717, 1.165) is 46.0 Å². The van der Waals surface area contributed by atoms with Crippen LogP contribution in [-0.2, 0) is 11.3 Å². The number of nitrogens with one attached hydrogen (secondary N) is 1. The minimum atomic E-state index is -0.325. The number of aromatic nitrogens is 4. The maximum atomic E-state index is 12.9. The predicted octanol–water partition coefficient (Wildman–Crippen LogP) is 5.02. The van der Waals surface area contributed by atoms with Gasteiger partial charge in [0.2, 0.25) is 5.91 Å². The molecule has 152 valence electrons. The first-order valence-corrected chi connectivity index (χ1v) is 10.8. The van der Waals surface area contributed by atoms with E-state index in [9.17, 15) is 4.79 Å². The summed E-state index contributed by atoms with van der Waals surface area (Å²) in [4.78, 5) is 17.0. The summed E-state index contributed by atoms with van der Waals surface area (Å²) in [5.74, 6) is 0.733. The SMILES string of the molecule is CCCn1c(SC(C)C(=O)Nc2cccc3ccccc23)nnc1-c1ccncc1. The van der Waals surface area contributed by atoms with E-state index >= 15 is 0 Å². The molecule has 2 aromatic carbocycles. The van der Waals surface area contributed by atoms with Crippen molar-refractivity contribution in [3.8, 4) is 11.4 Å². The second kappa shape index (κ2) is 9.09. The fourth-order valence-electron chi connectivity index (χ4n) is 3.30. The van der Waals surface area contributed by atoms with Crippen molar-refractivity contribution in [2.45, 2.75) is 37.2 Å². The van der Waals surface area contributed by atoms with Crippen LogP contribution in [0.25, 0.3) is 22.2 Å². The summed E-state index contributed by atoms with van der Waals surface area (Å²) in [6.07, 6.45) is 4.43. The van der Waals surface area contributed by atoms with Crippen molar-refractivity contribution in [2.24, 2.45) is 0 Å². The Bertz CT molecular complexity index is 1150. The molecule has 0 spiro atoms. The number of thioether (sulfide) groups is 1. The Morgan fingerprint density at radius 3 is 2.63 bits per heavy atom. The number of amides is 1. The van der Waals surface area contributed by atoms with Crippen LogP contribution in [0, 0.1) is 0 Å². The molecule has 0 radical (unpaired) electrons. The number of nitrogens with zero attached hydrogens (tertiary/aromatic N) is 4. The van der Waals surface area contributed by atoms with E-state index in [-0.39, 0.29) is 11.2 Å². The molecule has 1 amide bonds. The van der Waals surface area contributed by atoms with Crippen molar-refractivity contribution in [1.82, 2.24) is 19.7 Å². The van der Waals surface area contributed by atoms with Crippen LogP contribution in [0.2, 0.25) is 0 Å². The molecule has 0 bridgehead atoms. The highest BCUT2D eigenvalue weighted by Gasteiger charge is 2.21. The molecule has 0 fully saturated rings. The van der Waals surface area contributed by atoms with E-state index < -0.39 is 0 Å². The molecule has 0 aliphatic rings. The molecule has 7 heteroatoms. The average Bonchev–Trinajstić information content (AvgIpc) is 3.17. The third-order valence-electron chi connectivity index (χ3n) is 4.80. The molecular weight excluding hydrogens is 394 g/mol. The van der Waals surface area contributed by atoms with Gasteiger partial charge in [0, 0.05) is 35.6 Å². The highest BCUT2D eigenvalue weighted by Crippen LogP contribution is 2.29. The smallest absolute Gasteiger partial charge is 0.237 e. The van der Waals surface area contributed by atoms with Crippen molar-refractivity contribution in [2.75, 3.05) is 5.32 Å². The van der Waals surface area contributed by atoms with Crippen molar-refractivity contribution >= 4 is 34.1 Å². The number of carbonyl (C=O) groups is 1. The lowest BCUT2D eigenvalue weighted by molar-refractivity contribution is -0.115. The summed E-state index contributed by atoms with van der Waals surface area (Å²) in [5.41, 5.74) is 1.78. The minimum absolute atomic E-state index is 0.0622. The molecule has 1 unspecified atom stereocenters. The zero-order valence-electron chi connectivity index (χ0n) is 16.9. The van der Waals surface area contributed by atoms with Crippen molar-refractivity contribution in [3.63, 3.8) is 0 Å². The van der Waals surface area contributed by atoms with Crippen LogP contribution >= 0.6 is 11.8 Å². The summed E-state index contributed by atoms with van der Waals surface area (Å²) in [6, 6.07) is 17.8. The Morgan fingerprint density at radius 2 is 1.83 bits per heavy atom. The van der Waals surface area contributed by atoms with Crippen LogP contribution in [0.5, 0.6) is 0 Å². The number of pyridine rings is 1. The zero-order valence-corrected chi connectivity index (χ0v) is 17.8. The Balaban J connectivity index is 1.54. The van der Waals surface area contributed by atoms with Gasteiger partial charge in [0.05, 0.1) is 5.25 Å². The fourth-order valence-corrected chi connectivity index (χ4v) is 4.17. The molecule has 1 atom stereocenters. The van der Waals surface area contributed by atoms with Gasteiger partial charge in [-0.25, -0.2) is 0 Å². The molecule has 4 rings (SSSR count). The first kappa shape index (κ1) is 20.1.